The summed E-state index contributed by atoms with van der Waals surface area (Å²) < 4.78 is 37.7. The lowest BCUT2D eigenvalue weighted by molar-refractivity contribution is -0.143. The van der Waals surface area contributed by atoms with Crippen molar-refractivity contribution in [3.8, 4) is 0 Å². The van der Waals surface area contributed by atoms with Crippen molar-refractivity contribution in [2.75, 3.05) is 11.4 Å². The van der Waals surface area contributed by atoms with Gasteiger partial charge in [-0.25, -0.2) is 4.79 Å². The van der Waals surface area contributed by atoms with Crippen LogP contribution >= 0.6 is 11.3 Å². The van der Waals surface area contributed by atoms with Gasteiger partial charge in [0.25, 0.3) is 0 Å². The van der Waals surface area contributed by atoms with Crippen LogP contribution in [0.15, 0.2) is 0 Å². The van der Waals surface area contributed by atoms with Crippen molar-refractivity contribution in [1.29, 1.82) is 0 Å². The molecule has 2 heterocycles. The molecule has 1 aliphatic heterocycles. The highest BCUT2D eigenvalue weighted by Crippen LogP contribution is 2.41. The summed E-state index contributed by atoms with van der Waals surface area (Å²) in [5.41, 5.74) is -1.16. The number of rotatable bonds is 4. The van der Waals surface area contributed by atoms with Crippen molar-refractivity contribution in [1.82, 2.24) is 10.2 Å². The van der Waals surface area contributed by atoms with Crippen LogP contribution in [0.25, 0.3) is 0 Å². The predicted octanol–water partition coefficient (Wildman–Crippen LogP) is 2.78. The smallest absolute Gasteiger partial charge is 0.445 e. The molecule has 1 atom stereocenters. The van der Waals surface area contributed by atoms with Crippen molar-refractivity contribution in [3.63, 3.8) is 0 Å². The lowest BCUT2D eigenvalue weighted by Gasteiger charge is -2.34. The summed E-state index contributed by atoms with van der Waals surface area (Å²) >= 11 is 0.398. The summed E-state index contributed by atoms with van der Waals surface area (Å²) in [5, 5.41) is 15.1. The fourth-order valence-corrected chi connectivity index (χ4v) is 3.43. The fraction of sp³-hybridized carbons (Fsp3) is 0.727. The Morgan fingerprint density at radius 1 is 1.50 bits per heavy atom. The molecule has 0 aliphatic carbocycles. The quantitative estimate of drug-likeness (QED) is 0.926. The molecule has 1 aromatic heterocycles. The minimum atomic E-state index is -4.55. The largest absolute Gasteiger partial charge is 0.479 e. The number of aliphatic carboxylic acids is 1. The average Bonchev–Trinajstić information content (AvgIpc) is 2.93. The zero-order chi connectivity index (χ0) is 15.0. The van der Waals surface area contributed by atoms with Gasteiger partial charge in [-0.3, -0.25) is 0 Å². The van der Waals surface area contributed by atoms with E-state index in [1.807, 2.05) is 6.92 Å². The van der Waals surface area contributed by atoms with E-state index in [2.05, 4.69) is 10.2 Å². The minimum Gasteiger partial charge on any atom is -0.479 e. The maximum absolute atomic E-state index is 12.6. The van der Waals surface area contributed by atoms with E-state index in [0.29, 0.717) is 43.6 Å². The zero-order valence-corrected chi connectivity index (χ0v) is 11.6. The minimum absolute atomic E-state index is 0.0330. The van der Waals surface area contributed by atoms with Crippen molar-refractivity contribution in [3.05, 3.63) is 5.01 Å². The normalized spacial score (nSPS) is 23.3. The van der Waals surface area contributed by atoms with Gasteiger partial charge in [0.1, 0.15) is 5.54 Å². The van der Waals surface area contributed by atoms with Crippen molar-refractivity contribution in [2.24, 2.45) is 0 Å². The van der Waals surface area contributed by atoms with Crippen molar-refractivity contribution in [2.45, 2.75) is 44.3 Å². The first-order valence-electron chi connectivity index (χ1n) is 6.23. The fourth-order valence-electron chi connectivity index (χ4n) is 2.60. The lowest BCUT2D eigenvalue weighted by Crippen LogP contribution is -2.50. The number of aromatic nitrogens is 2. The Morgan fingerprint density at radius 2 is 2.20 bits per heavy atom. The van der Waals surface area contributed by atoms with Crippen LogP contribution < -0.4 is 4.90 Å². The molecule has 1 aliphatic rings. The summed E-state index contributed by atoms with van der Waals surface area (Å²) in [6.45, 7) is 2.24. The number of carbonyl (C=O) groups is 1. The van der Waals surface area contributed by atoms with E-state index in [1.165, 1.54) is 4.90 Å². The molecular formula is C11H14F3N3O2S. The van der Waals surface area contributed by atoms with E-state index in [-0.39, 0.29) is 5.13 Å². The molecule has 112 valence electrons. The molecule has 0 bridgehead atoms. The van der Waals surface area contributed by atoms with E-state index in [9.17, 15) is 23.1 Å². The first-order valence-corrected chi connectivity index (χ1v) is 7.04. The number of anilines is 1. The Morgan fingerprint density at radius 3 is 2.70 bits per heavy atom. The molecule has 0 saturated carbocycles. The molecule has 20 heavy (non-hydrogen) atoms. The molecule has 1 unspecified atom stereocenters. The molecule has 2 rings (SSSR count). The van der Waals surface area contributed by atoms with Crippen LogP contribution in [0.1, 0.15) is 37.6 Å². The second-order valence-electron chi connectivity index (χ2n) is 4.73. The Hall–Kier alpha value is -1.38. The number of halogens is 3. The average molecular weight is 309 g/mol. The van der Waals surface area contributed by atoms with Crippen LogP contribution in [0.4, 0.5) is 18.3 Å². The number of hydrogen-bond donors (Lipinski definition) is 1. The molecule has 0 amide bonds. The molecule has 1 aromatic rings. The van der Waals surface area contributed by atoms with E-state index < -0.39 is 22.7 Å². The van der Waals surface area contributed by atoms with Crippen LogP contribution in [0, 0.1) is 0 Å². The summed E-state index contributed by atoms with van der Waals surface area (Å²) in [4.78, 5) is 13.1. The third-order valence-electron chi connectivity index (χ3n) is 3.44. The van der Waals surface area contributed by atoms with Crippen LogP contribution in [0.5, 0.6) is 0 Å². The molecule has 9 heteroatoms. The number of carboxylic acid groups (broad SMARTS) is 1. The third-order valence-corrected chi connectivity index (χ3v) is 4.43. The monoisotopic (exact) mass is 309 g/mol. The van der Waals surface area contributed by atoms with Gasteiger partial charge in [0.05, 0.1) is 0 Å². The Labute approximate surface area is 117 Å². The van der Waals surface area contributed by atoms with Gasteiger partial charge in [-0.05, 0) is 19.3 Å². The molecular weight excluding hydrogens is 295 g/mol. The van der Waals surface area contributed by atoms with Crippen LogP contribution in [0.2, 0.25) is 0 Å². The Balaban J connectivity index is 2.35. The van der Waals surface area contributed by atoms with Gasteiger partial charge >= 0.3 is 12.1 Å². The summed E-state index contributed by atoms with van der Waals surface area (Å²) in [5.74, 6) is -1.01. The SMILES string of the molecule is CCCC1(C(=O)O)CCCN1c1nnc(C(F)(F)F)s1. The van der Waals surface area contributed by atoms with E-state index in [4.69, 9.17) is 0 Å². The van der Waals surface area contributed by atoms with Gasteiger partial charge in [0.15, 0.2) is 0 Å². The Bertz CT molecular complexity index is 505. The second-order valence-corrected chi connectivity index (χ2v) is 5.69. The zero-order valence-electron chi connectivity index (χ0n) is 10.8. The first kappa shape index (κ1) is 15.0. The third kappa shape index (κ3) is 2.46. The lowest BCUT2D eigenvalue weighted by atomic mass is 9.91. The highest BCUT2D eigenvalue weighted by Gasteiger charge is 2.49. The molecule has 0 radical (unpaired) electrons. The van der Waals surface area contributed by atoms with Crippen molar-refractivity contribution < 1.29 is 23.1 Å². The first-order chi connectivity index (χ1) is 9.31. The van der Waals surface area contributed by atoms with E-state index in [1.54, 1.807) is 0 Å². The number of carboxylic acids is 1. The predicted molar refractivity (Wildman–Crippen MR) is 66.8 cm³/mol. The van der Waals surface area contributed by atoms with Gasteiger partial charge in [0.2, 0.25) is 10.1 Å². The second kappa shape index (κ2) is 5.19. The maximum atomic E-state index is 12.6. The van der Waals surface area contributed by atoms with Crippen LogP contribution in [0.3, 0.4) is 0 Å². The van der Waals surface area contributed by atoms with Crippen LogP contribution in [-0.4, -0.2) is 33.4 Å². The molecule has 0 aromatic carbocycles. The van der Waals surface area contributed by atoms with Gasteiger partial charge in [-0.15, -0.1) is 10.2 Å². The standard InChI is InChI=1S/C11H14F3N3O2S/c1-2-4-10(8(18)19)5-3-6-17(10)9-16-15-7(20-9)11(12,13)14/h2-6H2,1H3,(H,18,19). The van der Waals surface area contributed by atoms with Crippen molar-refractivity contribution >= 4 is 22.4 Å². The molecule has 1 fully saturated rings. The van der Waals surface area contributed by atoms with Gasteiger partial charge in [0, 0.05) is 6.54 Å². The number of hydrogen-bond acceptors (Lipinski definition) is 5. The van der Waals surface area contributed by atoms with Crippen LogP contribution in [-0.2, 0) is 11.0 Å². The molecule has 1 saturated heterocycles. The van der Waals surface area contributed by atoms with Gasteiger partial charge < -0.3 is 10.0 Å². The highest BCUT2D eigenvalue weighted by atomic mass is 32.1. The topological polar surface area (TPSA) is 66.3 Å². The summed E-state index contributed by atoms with van der Waals surface area (Å²) in [7, 11) is 0. The van der Waals surface area contributed by atoms with Gasteiger partial charge in [-0.1, -0.05) is 24.7 Å². The van der Waals surface area contributed by atoms with E-state index in [0.717, 1.165) is 0 Å². The molecule has 5 nitrogen and oxygen atoms in total. The number of alkyl halides is 3. The summed E-state index contributed by atoms with van der Waals surface area (Å²) in [6, 6.07) is 0. The maximum Gasteiger partial charge on any atom is 0.445 e. The molecule has 0 spiro atoms. The molecule has 1 N–H and O–H groups in total. The summed E-state index contributed by atoms with van der Waals surface area (Å²) in [6.07, 6.45) is -2.51. The van der Waals surface area contributed by atoms with Gasteiger partial charge in [-0.2, -0.15) is 13.2 Å². The highest BCUT2D eigenvalue weighted by molar-refractivity contribution is 7.15. The van der Waals surface area contributed by atoms with E-state index >= 15 is 0 Å². The Kier molecular flexibility index (Phi) is 3.90. The number of nitrogens with zero attached hydrogens (tertiary/aromatic N) is 3.